The molecule has 3 rings (SSSR count). The summed E-state index contributed by atoms with van der Waals surface area (Å²) in [4.78, 5) is 20.2. The third-order valence-corrected chi connectivity index (χ3v) is 3.81. The lowest BCUT2D eigenvalue weighted by Crippen LogP contribution is -2.17. The Morgan fingerprint density at radius 2 is 2.15 bits per heavy atom. The molecule has 1 amide bonds. The smallest absolute Gasteiger partial charge is 0.254 e. The first-order chi connectivity index (χ1) is 12.5. The maximum absolute atomic E-state index is 11.7. The average Bonchev–Trinajstić information content (AvgIpc) is 3.07. The van der Waals surface area contributed by atoms with Gasteiger partial charge in [0, 0.05) is 25.5 Å². The molecule has 134 valence electrons. The molecule has 0 spiro atoms. The monoisotopic (exact) mass is 351 g/mol. The second-order valence-corrected chi connectivity index (χ2v) is 5.87. The zero-order chi connectivity index (χ0) is 18.5. The van der Waals surface area contributed by atoms with E-state index in [-0.39, 0.29) is 5.56 Å². The molecule has 4 N–H and O–H groups in total. The van der Waals surface area contributed by atoms with Crippen LogP contribution in [0.15, 0.2) is 42.9 Å². The van der Waals surface area contributed by atoms with E-state index in [1.165, 1.54) is 6.20 Å². The minimum atomic E-state index is -0.581. The molecule has 0 radical (unpaired) electrons. The van der Waals surface area contributed by atoms with Crippen LogP contribution in [-0.2, 0) is 13.1 Å². The summed E-state index contributed by atoms with van der Waals surface area (Å²) < 4.78 is 1.79. The molecule has 0 atom stereocenters. The summed E-state index contributed by atoms with van der Waals surface area (Å²) in [7, 11) is 0. The van der Waals surface area contributed by atoms with Gasteiger partial charge in [-0.25, -0.2) is 4.98 Å². The van der Waals surface area contributed by atoms with Gasteiger partial charge in [0.25, 0.3) is 5.91 Å². The van der Waals surface area contributed by atoms with Crippen LogP contribution in [-0.4, -0.2) is 25.7 Å². The standard InChI is InChI=1S/C18H21N7O/c1-3-25-11-14(9-22-25)23-18-21-10-15(16(19)26)17(24-18)20-8-13-6-4-5-12(2)7-13/h4-7,9-11H,3,8H2,1-2H3,(H2,19,26)(H2,20,21,23,24). The summed E-state index contributed by atoms with van der Waals surface area (Å²) in [6.07, 6.45) is 4.96. The van der Waals surface area contributed by atoms with Crippen molar-refractivity contribution in [3.05, 3.63) is 59.5 Å². The zero-order valence-corrected chi connectivity index (χ0v) is 14.7. The van der Waals surface area contributed by atoms with Crippen molar-refractivity contribution in [3.63, 3.8) is 0 Å². The van der Waals surface area contributed by atoms with Gasteiger partial charge in [0.15, 0.2) is 0 Å². The first-order valence-electron chi connectivity index (χ1n) is 8.31. The molecule has 2 heterocycles. The van der Waals surface area contributed by atoms with E-state index >= 15 is 0 Å². The zero-order valence-electron chi connectivity index (χ0n) is 14.7. The minimum Gasteiger partial charge on any atom is -0.365 e. The van der Waals surface area contributed by atoms with E-state index in [9.17, 15) is 4.79 Å². The fourth-order valence-corrected chi connectivity index (χ4v) is 2.50. The Balaban J connectivity index is 1.80. The first-order valence-corrected chi connectivity index (χ1v) is 8.31. The molecule has 0 aliphatic carbocycles. The van der Waals surface area contributed by atoms with Crippen LogP contribution in [0.25, 0.3) is 0 Å². The lowest BCUT2D eigenvalue weighted by atomic mass is 10.1. The lowest BCUT2D eigenvalue weighted by molar-refractivity contribution is 0.100. The summed E-state index contributed by atoms with van der Waals surface area (Å²) in [5.74, 6) is 0.166. The number of nitrogens with one attached hydrogen (secondary N) is 2. The fraction of sp³-hybridized carbons (Fsp3) is 0.222. The molecule has 0 fully saturated rings. The SMILES string of the molecule is CCn1cc(Nc2ncc(C(N)=O)c(NCc3cccc(C)c3)n2)cn1. The number of hydrogen-bond donors (Lipinski definition) is 3. The predicted octanol–water partition coefficient (Wildman–Crippen LogP) is 2.46. The molecular weight excluding hydrogens is 330 g/mol. The Morgan fingerprint density at radius 3 is 2.85 bits per heavy atom. The van der Waals surface area contributed by atoms with E-state index in [1.807, 2.05) is 38.2 Å². The molecule has 0 aliphatic rings. The number of nitrogens with zero attached hydrogens (tertiary/aromatic N) is 4. The third kappa shape index (κ3) is 4.15. The van der Waals surface area contributed by atoms with Crippen LogP contribution >= 0.6 is 0 Å². The van der Waals surface area contributed by atoms with Gasteiger partial charge in [-0.05, 0) is 19.4 Å². The van der Waals surface area contributed by atoms with Crippen molar-refractivity contribution in [2.75, 3.05) is 10.6 Å². The number of aryl methyl sites for hydroxylation is 2. The Bertz CT molecular complexity index is 919. The van der Waals surface area contributed by atoms with Gasteiger partial charge in [-0.2, -0.15) is 10.1 Å². The Hall–Kier alpha value is -3.42. The van der Waals surface area contributed by atoms with Crippen LogP contribution in [0.5, 0.6) is 0 Å². The van der Waals surface area contributed by atoms with Gasteiger partial charge in [-0.3, -0.25) is 9.48 Å². The summed E-state index contributed by atoms with van der Waals surface area (Å²) in [6.45, 7) is 5.32. The van der Waals surface area contributed by atoms with E-state index in [1.54, 1.807) is 10.9 Å². The van der Waals surface area contributed by atoms with Gasteiger partial charge in [0.05, 0.1) is 17.4 Å². The van der Waals surface area contributed by atoms with Crippen LogP contribution in [0.4, 0.5) is 17.5 Å². The van der Waals surface area contributed by atoms with Crippen LogP contribution in [0, 0.1) is 6.92 Å². The maximum atomic E-state index is 11.7. The molecule has 0 bridgehead atoms. The van der Waals surface area contributed by atoms with Crippen molar-refractivity contribution in [1.82, 2.24) is 19.7 Å². The average molecular weight is 351 g/mol. The molecule has 8 heteroatoms. The van der Waals surface area contributed by atoms with E-state index in [0.717, 1.165) is 23.4 Å². The van der Waals surface area contributed by atoms with E-state index in [4.69, 9.17) is 5.73 Å². The molecule has 0 saturated heterocycles. The van der Waals surface area contributed by atoms with Crippen LogP contribution < -0.4 is 16.4 Å². The molecular formula is C18H21N7O. The molecule has 26 heavy (non-hydrogen) atoms. The Kier molecular flexibility index (Phi) is 5.12. The van der Waals surface area contributed by atoms with Crippen molar-refractivity contribution >= 4 is 23.4 Å². The van der Waals surface area contributed by atoms with Crippen molar-refractivity contribution in [2.24, 2.45) is 5.73 Å². The van der Waals surface area contributed by atoms with Gasteiger partial charge in [0.2, 0.25) is 5.95 Å². The summed E-state index contributed by atoms with van der Waals surface area (Å²) in [6, 6.07) is 8.08. The lowest BCUT2D eigenvalue weighted by Gasteiger charge is -2.11. The number of primary amides is 1. The first kappa shape index (κ1) is 17.4. The summed E-state index contributed by atoms with van der Waals surface area (Å²) in [5.41, 5.74) is 8.69. The van der Waals surface area contributed by atoms with Gasteiger partial charge < -0.3 is 16.4 Å². The van der Waals surface area contributed by atoms with Gasteiger partial charge in [0.1, 0.15) is 5.82 Å². The molecule has 2 aromatic heterocycles. The largest absolute Gasteiger partial charge is 0.365 e. The number of rotatable bonds is 7. The molecule has 0 unspecified atom stereocenters. The van der Waals surface area contributed by atoms with Gasteiger partial charge in [-0.15, -0.1) is 0 Å². The summed E-state index contributed by atoms with van der Waals surface area (Å²) >= 11 is 0. The normalized spacial score (nSPS) is 10.5. The van der Waals surface area contributed by atoms with Crippen molar-refractivity contribution in [3.8, 4) is 0 Å². The van der Waals surface area contributed by atoms with Crippen LogP contribution in [0.3, 0.4) is 0 Å². The number of benzene rings is 1. The number of amides is 1. The van der Waals surface area contributed by atoms with E-state index in [0.29, 0.717) is 18.3 Å². The highest BCUT2D eigenvalue weighted by Gasteiger charge is 2.12. The van der Waals surface area contributed by atoms with Crippen molar-refractivity contribution in [2.45, 2.75) is 26.9 Å². The van der Waals surface area contributed by atoms with E-state index in [2.05, 4.69) is 31.8 Å². The van der Waals surface area contributed by atoms with E-state index < -0.39 is 5.91 Å². The molecule has 1 aromatic carbocycles. The highest BCUT2D eigenvalue weighted by Crippen LogP contribution is 2.18. The topological polar surface area (TPSA) is 111 Å². The highest BCUT2D eigenvalue weighted by molar-refractivity contribution is 5.97. The number of anilines is 3. The molecule has 0 aliphatic heterocycles. The predicted molar refractivity (Wildman–Crippen MR) is 100 cm³/mol. The number of carbonyl (C=O) groups is 1. The second kappa shape index (κ2) is 7.64. The van der Waals surface area contributed by atoms with Crippen molar-refractivity contribution < 1.29 is 4.79 Å². The maximum Gasteiger partial charge on any atom is 0.254 e. The number of hydrogen-bond acceptors (Lipinski definition) is 6. The molecule has 3 aromatic rings. The second-order valence-electron chi connectivity index (χ2n) is 5.87. The summed E-state index contributed by atoms with van der Waals surface area (Å²) in [5, 5.41) is 10.4. The van der Waals surface area contributed by atoms with Gasteiger partial charge >= 0.3 is 0 Å². The molecule has 8 nitrogen and oxygen atoms in total. The fourth-order valence-electron chi connectivity index (χ4n) is 2.50. The highest BCUT2D eigenvalue weighted by atomic mass is 16.1. The number of aromatic nitrogens is 4. The van der Waals surface area contributed by atoms with Crippen molar-refractivity contribution in [1.29, 1.82) is 0 Å². The number of carbonyl (C=O) groups excluding carboxylic acids is 1. The van der Waals surface area contributed by atoms with Gasteiger partial charge in [-0.1, -0.05) is 29.8 Å². The third-order valence-electron chi connectivity index (χ3n) is 3.81. The minimum absolute atomic E-state index is 0.243. The van der Waals surface area contributed by atoms with Crippen LogP contribution in [0.2, 0.25) is 0 Å². The number of nitrogens with two attached hydrogens (primary N) is 1. The quantitative estimate of drug-likeness (QED) is 0.603. The Morgan fingerprint density at radius 1 is 1.31 bits per heavy atom. The van der Waals surface area contributed by atoms with Crippen LogP contribution in [0.1, 0.15) is 28.4 Å². The Labute approximate surface area is 151 Å². The molecule has 0 saturated carbocycles.